The molecule has 0 unspecified atom stereocenters. The van der Waals surface area contributed by atoms with Crippen molar-refractivity contribution < 1.29 is 14.3 Å². The normalized spacial score (nSPS) is 14.7. The number of carbonyl (C=O) groups excluding carboxylic acids is 1. The number of carbonyl (C=O) groups is 1. The van der Waals surface area contributed by atoms with Crippen LogP contribution in [-0.2, 0) is 20.7 Å². The van der Waals surface area contributed by atoms with E-state index in [1.54, 1.807) is 0 Å². The van der Waals surface area contributed by atoms with E-state index < -0.39 is 0 Å². The van der Waals surface area contributed by atoms with Gasteiger partial charge >= 0.3 is 0 Å². The highest BCUT2D eigenvalue weighted by atomic mass is 127. The molecule has 170 valence electrons. The summed E-state index contributed by atoms with van der Waals surface area (Å²) in [6.45, 7) is 9.28. The Kier molecular flexibility index (Phi) is 14.5. The Hall–Kier alpha value is -1.39. The number of guanidine groups is 1. The highest BCUT2D eigenvalue weighted by Gasteiger charge is 2.13. The second-order valence-corrected chi connectivity index (χ2v) is 7.30. The Morgan fingerprint density at radius 3 is 2.60 bits per heavy atom. The monoisotopic (exact) mass is 532 g/mol. The molecule has 7 nitrogen and oxygen atoms in total. The van der Waals surface area contributed by atoms with Crippen LogP contribution in [0.3, 0.4) is 0 Å². The van der Waals surface area contributed by atoms with Gasteiger partial charge < -0.3 is 25.4 Å². The topological polar surface area (TPSA) is 84.0 Å². The summed E-state index contributed by atoms with van der Waals surface area (Å²) in [5, 5.41) is 9.43. The Morgan fingerprint density at radius 2 is 1.93 bits per heavy atom. The van der Waals surface area contributed by atoms with Crippen molar-refractivity contribution in [3.05, 3.63) is 29.8 Å². The van der Waals surface area contributed by atoms with Crippen molar-refractivity contribution >= 4 is 41.5 Å². The number of anilines is 1. The fourth-order valence-corrected chi connectivity index (χ4v) is 3.15. The van der Waals surface area contributed by atoms with Crippen LogP contribution in [0.2, 0.25) is 0 Å². The van der Waals surface area contributed by atoms with Gasteiger partial charge in [-0.15, -0.1) is 24.0 Å². The lowest BCUT2D eigenvalue weighted by Crippen LogP contribution is -2.38. The molecule has 2 rings (SSSR count). The predicted molar refractivity (Wildman–Crippen MR) is 133 cm³/mol. The first-order valence-electron chi connectivity index (χ1n) is 10.7. The van der Waals surface area contributed by atoms with Gasteiger partial charge in [-0.2, -0.15) is 0 Å². The van der Waals surface area contributed by atoms with Gasteiger partial charge in [-0.05, 0) is 56.2 Å². The van der Waals surface area contributed by atoms with Gasteiger partial charge in [0.05, 0.1) is 0 Å². The minimum Gasteiger partial charge on any atom is -0.381 e. The lowest BCUT2D eigenvalue weighted by molar-refractivity contribution is -0.114. The van der Waals surface area contributed by atoms with Crippen LogP contribution >= 0.6 is 24.0 Å². The number of ether oxygens (including phenoxy) is 2. The summed E-state index contributed by atoms with van der Waals surface area (Å²) in [5.41, 5.74) is 2.03. The number of aliphatic imine (C=N–C) groups is 1. The first-order valence-corrected chi connectivity index (χ1v) is 10.7. The van der Waals surface area contributed by atoms with E-state index in [0.29, 0.717) is 5.92 Å². The molecule has 0 aliphatic carbocycles. The summed E-state index contributed by atoms with van der Waals surface area (Å²) in [6, 6.07) is 7.92. The van der Waals surface area contributed by atoms with Gasteiger partial charge in [-0.1, -0.05) is 12.1 Å². The molecule has 1 aliphatic heterocycles. The molecule has 1 aliphatic rings. The highest BCUT2D eigenvalue weighted by molar-refractivity contribution is 14.0. The van der Waals surface area contributed by atoms with Crippen molar-refractivity contribution in [1.29, 1.82) is 0 Å². The number of amides is 1. The molecular formula is C22H37IN4O3. The SMILES string of the molecule is CCNC(=NCCCOCC1CCOCC1)NCCc1ccc(NC(C)=O)cc1.I. The zero-order chi connectivity index (χ0) is 20.7. The Morgan fingerprint density at radius 1 is 1.20 bits per heavy atom. The van der Waals surface area contributed by atoms with Crippen molar-refractivity contribution in [2.45, 2.75) is 39.5 Å². The molecule has 1 heterocycles. The van der Waals surface area contributed by atoms with Crippen molar-refractivity contribution in [2.24, 2.45) is 10.9 Å². The maximum atomic E-state index is 11.1. The molecule has 0 spiro atoms. The lowest BCUT2D eigenvalue weighted by Gasteiger charge is -2.21. The molecule has 0 radical (unpaired) electrons. The Bertz CT molecular complexity index is 619. The van der Waals surface area contributed by atoms with Gasteiger partial charge in [0.15, 0.2) is 5.96 Å². The first-order chi connectivity index (χ1) is 14.2. The maximum Gasteiger partial charge on any atom is 0.221 e. The largest absolute Gasteiger partial charge is 0.381 e. The highest BCUT2D eigenvalue weighted by Crippen LogP contribution is 2.14. The third kappa shape index (κ3) is 11.7. The summed E-state index contributed by atoms with van der Waals surface area (Å²) in [7, 11) is 0. The lowest BCUT2D eigenvalue weighted by atomic mass is 10.0. The standard InChI is InChI=1S/C22H36N4O3.HI/c1-3-23-22(24-12-4-14-29-17-20-10-15-28-16-11-20)25-13-9-19-5-7-21(8-6-19)26-18(2)27;/h5-8,20H,3-4,9-17H2,1-2H3,(H,26,27)(H2,23,24,25);1H. The number of hydrogen-bond acceptors (Lipinski definition) is 4. The van der Waals surface area contributed by atoms with Gasteiger partial charge in [0.25, 0.3) is 0 Å². The van der Waals surface area contributed by atoms with Crippen LogP contribution in [0.25, 0.3) is 0 Å². The van der Waals surface area contributed by atoms with E-state index in [9.17, 15) is 4.79 Å². The minimum atomic E-state index is -0.0557. The molecule has 0 atom stereocenters. The molecule has 30 heavy (non-hydrogen) atoms. The number of hydrogen-bond donors (Lipinski definition) is 3. The second kappa shape index (κ2) is 16.3. The fraction of sp³-hybridized carbons (Fsp3) is 0.636. The molecule has 0 saturated carbocycles. The van der Waals surface area contributed by atoms with Gasteiger partial charge in [0.1, 0.15) is 0 Å². The van der Waals surface area contributed by atoms with Gasteiger partial charge in [-0.3, -0.25) is 9.79 Å². The molecule has 1 aromatic rings. The quantitative estimate of drug-likeness (QED) is 0.177. The molecule has 8 heteroatoms. The smallest absolute Gasteiger partial charge is 0.221 e. The average Bonchev–Trinajstić information content (AvgIpc) is 2.72. The van der Waals surface area contributed by atoms with E-state index in [1.807, 2.05) is 24.3 Å². The molecular weight excluding hydrogens is 495 g/mol. The van der Waals surface area contributed by atoms with E-state index >= 15 is 0 Å². The van der Waals surface area contributed by atoms with E-state index in [1.165, 1.54) is 12.5 Å². The zero-order valence-corrected chi connectivity index (χ0v) is 20.6. The second-order valence-electron chi connectivity index (χ2n) is 7.30. The van der Waals surface area contributed by atoms with Gasteiger partial charge in [0.2, 0.25) is 5.91 Å². The van der Waals surface area contributed by atoms with Gasteiger partial charge in [-0.25, -0.2) is 0 Å². The molecule has 0 aromatic heterocycles. The predicted octanol–water partition coefficient (Wildman–Crippen LogP) is 3.19. The molecule has 3 N–H and O–H groups in total. The molecule has 1 amide bonds. The van der Waals surface area contributed by atoms with Crippen molar-refractivity contribution in [1.82, 2.24) is 10.6 Å². The van der Waals surface area contributed by atoms with Crippen LogP contribution in [0, 0.1) is 5.92 Å². The van der Waals surface area contributed by atoms with Crippen LogP contribution in [0.15, 0.2) is 29.3 Å². The summed E-state index contributed by atoms with van der Waals surface area (Å²) >= 11 is 0. The molecule has 1 aromatic carbocycles. The third-order valence-corrected chi connectivity index (χ3v) is 4.74. The summed E-state index contributed by atoms with van der Waals surface area (Å²) in [4.78, 5) is 15.7. The average molecular weight is 532 g/mol. The molecule has 1 saturated heterocycles. The van der Waals surface area contributed by atoms with Crippen LogP contribution in [-0.4, -0.2) is 57.9 Å². The van der Waals surface area contributed by atoms with Crippen LogP contribution in [0.4, 0.5) is 5.69 Å². The zero-order valence-electron chi connectivity index (χ0n) is 18.2. The molecule has 1 fully saturated rings. The number of halogens is 1. The van der Waals surface area contributed by atoms with Crippen molar-refractivity contribution in [3.8, 4) is 0 Å². The van der Waals surface area contributed by atoms with Crippen molar-refractivity contribution in [2.75, 3.05) is 51.4 Å². The Labute approximate surface area is 197 Å². The fourth-order valence-electron chi connectivity index (χ4n) is 3.15. The number of rotatable bonds is 11. The number of nitrogens with one attached hydrogen (secondary N) is 3. The Balaban J connectivity index is 0.00000450. The van der Waals surface area contributed by atoms with E-state index in [4.69, 9.17) is 9.47 Å². The minimum absolute atomic E-state index is 0. The van der Waals surface area contributed by atoms with Crippen molar-refractivity contribution in [3.63, 3.8) is 0 Å². The maximum absolute atomic E-state index is 11.1. The van der Waals surface area contributed by atoms with E-state index in [0.717, 1.165) is 83.4 Å². The first kappa shape index (κ1) is 26.6. The van der Waals surface area contributed by atoms with Crippen LogP contribution in [0.1, 0.15) is 38.7 Å². The number of benzene rings is 1. The van der Waals surface area contributed by atoms with E-state index in [2.05, 4.69) is 27.9 Å². The summed E-state index contributed by atoms with van der Waals surface area (Å²) < 4.78 is 11.2. The van der Waals surface area contributed by atoms with E-state index in [-0.39, 0.29) is 29.9 Å². The third-order valence-electron chi connectivity index (χ3n) is 4.74. The van der Waals surface area contributed by atoms with Crippen LogP contribution in [0.5, 0.6) is 0 Å². The van der Waals surface area contributed by atoms with Crippen LogP contribution < -0.4 is 16.0 Å². The summed E-state index contributed by atoms with van der Waals surface area (Å²) in [5.74, 6) is 1.44. The number of nitrogens with zero attached hydrogens (tertiary/aromatic N) is 1. The summed E-state index contributed by atoms with van der Waals surface area (Å²) in [6.07, 6.45) is 4.04. The molecule has 0 bridgehead atoms. The van der Waals surface area contributed by atoms with Gasteiger partial charge in [0, 0.05) is 58.7 Å².